The molecule has 104 valence electrons. The van der Waals surface area contributed by atoms with Crippen LogP contribution in [0.25, 0.3) is 0 Å². The second-order valence-electron chi connectivity index (χ2n) is 4.41. The van der Waals surface area contributed by atoms with E-state index in [0.29, 0.717) is 23.7 Å². The molecule has 0 unspecified atom stereocenters. The molecule has 19 heavy (non-hydrogen) atoms. The van der Waals surface area contributed by atoms with Crippen molar-refractivity contribution in [1.82, 2.24) is 9.78 Å². The first-order valence-corrected chi connectivity index (χ1v) is 7.96. The van der Waals surface area contributed by atoms with Gasteiger partial charge in [-0.1, -0.05) is 17.7 Å². The van der Waals surface area contributed by atoms with Gasteiger partial charge >= 0.3 is 0 Å². The third-order valence-electron chi connectivity index (χ3n) is 3.03. The fourth-order valence-electron chi connectivity index (χ4n) is 1.98. The molecule has 7 heteroatoms. The number of hydrogen-bond donors (Lipinski definition) is 1. The first kappa shape index (κ1) is 14.3. The van der Waals surface area contributed by atoms with Gasteiger partial charge in [0.2, 0.25) is 0 Å². The quantitative estimate of drug-likeness (QED) is 0.854. The third kappa shape index (κ3) is 3.45. The van der Waals surface area contributed by atoms with E-state index in [2.05, 4.69) is 17.0 Å². The number of anilines is 1. The average Bonchev–Trinajstić information content (AvgIpc) is 2.41. The molecule has 0 aromatic carbocycles. The van der Waals surface area contributed by atoms with E-state index in [1.54, 1.807) is 12.3 Å². The molecule has 1 fully saturated rings. The molecule has 0 bridgehead atoms. The maximum Gasteiger partial charge on any atom is 0.287 e. The molecule has 1 aromatic heterocycles. The van der Waals surface area contributed by atoms with E-state index < -0.39 is 10.8 Å². The van der Waals surface area contributed by atoms with Gasteiger partial charge in [-0.05, 0) is 12.8 Å². The summed E-state index contributed by atoms with van der Waals surface area (Å²) in [5, 5.41) is 7.39. The summed E-state index contributed by atoms with van der Waals surface area (Å²) in [5.74, 6) is 1.38. The fourth-order valence-corrected chi connectivity index (χ4v) is 3.48. The van der Waals surface area contributed by atoms with Gasteiger partial charge in [0.15, 0.2) is 0 Å². The lowest BCUT2D eigenvalue weighted by Crippen LogP contribution is -2.31. The Hall–Kier alpha value is -1.14. The van der Waals surface area contributed by atoms with Crippen LogP contribution in [-0.2, 0) is 17.3 Å². The summed E-state index contributed by atoms with van der Waals surface area (Å²) in [4.78, 5) is 11.9. The van der Waals surface area contributed by atoms with Crippen molar-refractivity contribution >= 4 is 28.1 Å². The van der Waals surface area contributed by atoms with Crippen LogP contribution in [0.1, 0.15) is 12.8 Å². The highest BCUT2D eigenvalue weighted by atomic mass is 35.5. The normalized spacial score (nSPS) is 23.0. The molecule has 2 rings (SSSR count). The van der Waals surface area contributed by atoms with E-state index in [4.69, 9.17) is 11.6 Å². The van der Waals surface area contributed by atoms with Crippen LogP contribution in [0.2, 0.25) is 5.02 Å². The van der Waals surface area contributed by atoms with Crippen molar-refractivity contribution in [2.45, 2.75) is 25.4 Å². The molecule has 0 saturated carbocycles. The van der Waals surface area contributed by atoms with E-state index >= 15 is 0 Å². The van der Waals surface area contributed by atoms with Crippen molar-refractivity contribution in [3.63, 3.8) is 0 Å². The van der Waals surface area contributed by atoms with Crippen LogP contribution in [0, 0.1) is 0 Å². The highest BCUT2D eigenvalue weighted by Gasteiger charge is 2.19. The van der Waals surface area contributed by atoms with Crippen LogP contribution < -0.4 is 10.9 Å². The molecule has 0 amide bonds. The first-order valence-electron chi connectivity index (χ1n) is 6.10. The van der Waals surface area contributed by atoms with E-state index in [1.165, 1.54) is 4.68 Å². The van der Waals surface area contributed by atoms with Gasteiger partial charge in [-0.15, -0.1) is 6.58 Å². The Kier molecular flexibility index (Phi) is 4.76. The molecule has 1 saturated heterocycles. The zero-order chi connectivity index (χ0) is 13.8. The predicted octanol–water partition coefficient (Wildman–Crippen LogP) is 1.41. The SMILES string of the molecule is C=CCn1ncc(NC2CCS(=O)CC2)c(Cl)c1=O. The number of nitrogens with zero attached hydrogens (tertiary/aromatic N) is 2. The van der Waals surface area contributed by atoms with Crippen LogP contribution in [0.4, 0.5) is 5.69 Å². The Morgan fingerprint density at radius 2 is 2.26 bits per heavy atom. The minimum atomic E-state index is -0.701. The van der Waals surface area contributed by atoms with Gasteiger partial charge in [-0.2, -0.15) is 5.10 Å². The molecular weight excluding hydrogens is 286 g/mol. The summed E-state index contributed by atoms with van der Waals surface area (Å²) in [5.41, 5.74) is 0.218. The molecule has 0 radical (unpaired) electrons. The van der Waals surface area contributed by atoms with Crippen molar-refractivity contribution in [3.8, 4) is 0 Å². The van der Waals surface area contributed by atoms with Gasteiger partial charge in [-0.3, -0.25) is 9.00 Å². The van der Waals surface area contributed by atoms with Crippen LogP contribution in [0.15, 0.2) is 23.6 Å². The van der Waals surface area contributed by atoms with Crippen LogP contribution >= 0.6 is 11.6 Å². The van der Waals surface area contributed by atoms with Crippen LogP contribution in [0.3, 0.4) is 0 Å². The van der Waals surface area contributed by atoms with Gasteiger partial charge in [0.05, 0.1) is 18.4 Å². The summed E-state index contributed by atoms with van der Waals surface area (Å²) < 4.78 is 12.5. The summed E-state index contributed by atoms with van der Waals surface area (Å²) in [6, 6.07) is 0.201. The van der Waals surface area contributed by atoms with Gasteiger partial charge < -0.3 is 5.32 Å². The molecular formula is C12H16ClN3O2S. The standard InChI is InChI=1S/C12H16ClN3O2S/c1-2-5-16-12(17)11(13)10(8-14-16)15-9-3-6-19(18)7-4-9/h2,8-9,15H,1,3-7H2. The molecule has 1 aliphatic rings. The highest BCUT2D eigenvalue weighted by Crippen LogP contribution is 2.20. The summed E-state index contributed by atoms with van der Waals surface area (Å²) in [6.45, 7) is 3.90. The predicted molar refractivity (Wildman–Crippen MR) is 78.2 cm³/mol. The molecule has 0 aliphatic carbocycles. The summed E-state index contributed by atoms with van der Waals surface area (Å²) in [7, 11) is -0.701. The van der Waals surface area contributed by atoms with Gasteiger partial charge in [0.1, 0.15) is 5.02 Å². The summed E-state index contributed by atoms with van der Waals surface area (Å²) in [6.07, 6.45) is 4.78. The zero-order valence-electron chi connectivity index (χ0n) is 10.5. The first-order chi connectivity index (χ1) is 9.11. The van der Waals surface area contributed by atoms with E-state index in [0.717, 1.165) is 12.8 Å². The Morgan fingerprint density at radius 1 is 1.58 bits per heavy atom. The molecule has 0 spiro atoms. The Bertz CT molecular complexity index is 548. The highest BCUT2D eigenvalue weighted by molar-refractivity contribution is 7.85. The maximum absolute atomic E-state index is 11.9. The van der Waals surface area contributed by atoms with Crippen molar-refractivity contribution in [2.75, 3.05) is 16.8 Å². The van der Waals surface area contributed by atoms with Crippen LogP contribution in [-0.4, -0.2) is 31.5 Å². The topological polar surface area (TPSA) is 64.0 Å². The monoisotopic (exact) mass is 301 g/mol. The van der Waals surface area contributed by atoms with Crippen LogP contribution in [0.5, 0.6) is 0 Å². The van der Waals surface area contributed by atoms with Gasteiger partial charge in [-0.25, -0.2) is 4.68 Å². The molecule has 2 heterocycles. The number of halogens is 1. The van der Waals surface area contributed by atoms with Crippen molar-refractivity contribution in [3.05, 3.63) is 34.2 Å². The lowest BCUT2D eigenvalue weighted by Gasteiger charge is -2.23. The molecule has 1 N–H and O–H groups in total. The van der Waals surface area contributed by atoms with E-state index in [9.17, 15) is 9.00 Å². The van der Waals surface area contributed by atoms with E-state index in [1.807, 2.05) is 0 Å². The second-order valence-corrected chi connectivity index (χ2v) is 6.49. The summed E-state index contributed by atoms with van der Waals surface area (Å²) >= 11 is 6.05. The largest absolute Gasteiger partial charge is 0.380 e. The lowest BCUT2D eigenvalue weighted by molar-refractivity contribution is 0.619. The smallest absolute Gasteiger partial charge is 0.287 e. The number of aromatic nitrogens is 2. The van der Waals surface area contributed by atoms with E-state index in [-0.39, 0.29) is 16.6 Å². The molecule has 1 aliphatic heterocycles. The zero-order valence-corrected chi connectivity index (χ0v) is 12.0. The van der Waals surface area contributed by atoms with Crippen molar-refractivity contribution in [1.29, 1.82) is 0 Å². The Labute approximate surface area is 119 Å². The molecule has 1 aromatic rings. The van der Waals surface area contributed by atoms with Crippen molar-refractivity contribution in [2.24, 2.45) is 0 Å². The Morgan fingerprint density at radius 3 is 2.89 bits per heavy atom. The minimum absolute atomic E-state index is 0.142. The minimum Gasteiger partial charge on any atom is -0.380 e. The maximum atomic E-state index is 11.9. The molecule has 5 nitrogen and oxygen atoms in total. The third-order valence-corrected chi connectivity index (χ3v) is 4.78. The number of rotatable bonds is 4. The fraction of sp³-hybridized carbons (Fsp3) is 0.500. The number of allylic oxidation sites excluding steroid dienone is 1. The Balaban J connectivity index is 2.13. The average molecular weight is 302 g/mol. The lowest BCUT2D eigenvalue weighted by atomic mass is 10.1. The van der Waals surface area contributed by atoms with Crippen molar-refractivity contribution < 1.29 is 4.21 Å². The molecule has 0 atom stereocenters. The van der Waals surface area contributed by atoms with Gasteiger partial charge in [0.25, 0.3) is 5.56 Å². The second kappa shape index (κ2) is 6.34. The van der Waals surface area contributed by atoms with Gasteiger partial charge in [0, 0.05) is 28.3 Å². The number of hydrogen-bond acceptors (Lipinski definition) is 4. The number of nitrogens with one attached hydrogen (secondary N) is 1.